The summed E-state index contributed by atoms with van der Waals surface area (Å²) in [7, 11) is 1.50. The molecule has 0 aliphatic heterocycles. The molecule has 17 heavy (non-hydrogen) atoms. The molecule has 2 N–H and O–H groups in total. The number of hydrogen-bond acceptors (Lipinski definition) is 4. The topological polar surface area (TPSA) is 84.9 Å². The van der Waals surface area contributed by atoms with Gasteiger partial charge < -0.3 is 19.9 Å². The van der Waals surface area contributed by atoms with Crippen LogP contribution in [0, 0.1) is 5.92 Å². The van der Waals surface area contributed by atoms with Gasteiger partial charge in [0.25, 0.3) is 0 Å². The first-order valence-electron chi connectivity index (χ1n) is 5.45. The van der Waals surface area contributed by atoms with E-state index >= 15 is 0 Å². The molecule has 0 unspecified atom stereocenters. The maximum Gasteiger partial charge on any atom is 0.407 e. The monoisotopic (exact) mass is 247 g/mol. The summed E-state index contributed by atoms with van der Waals surface area (Å²) in [6.07, 6.45) is -0.261. The molecule has 0 aliphatic rings. The Kier molecular flexibility index (Phi) is 6.57. The average Bonchev–Trinajstić information content (AvgIpc) is 2.14. The second-order valence-electron chi connectivity index (χ2n) is 4.70. The fourth-order valence-corrected chi connectivity index (χ4v) is 1.09. The molecule has 0 spiro atoms. The van der Waals surface area contributed by atoms with Crippen LogP contribution in [0.5, 0.6) is 0 Å². The van der Waals surface area contributed by atoms with Crippen LogP contribution >= 0.6 is 0 Å². The highest BCUT2D eigenvalue weighted by Gasteiger charge is 2.20. The van der Waals surface area contributed by atoms with Crippen molar-refractivity contribution in [2.45, 2.75) is 32.8 Å². The number of carboxylic acids is 1. The maximum absolute atomic E-state index is 11.3. The molecule has 0 aromatic carbocycles. The summed E-state index contributed by atoms with van der Waals surface area (Å²) in [6, 6.07) is 0. The molecule has 0 saturated carbocycles. The van der Waals surface area contributed by atoms with E-state index in [0.29, 0.717) is 13.0 Å². The molecule has 6 nitrogen and oxygen atoms in total. The summed E-state index contributed by atoms with van der Waals surface area (Å²) in [5.41, 5.74) is -0.588. The molecule has 6 heteroatoms. The third kappa shape index (κ3) is 8.50. The summed E-state index contributed by atoms with van der Waals surface area (Å²) < 4.78 is 9.80. The normalized spacial score (nSPS) is 12.9. The third-order valence-corrected chi connectivity index (χ3v) is 1.91. The van der Waals surface area contributed by atoms with Crippen LogP contribution in [0.3, 0.4) is 0 Å². The van der Waals surface area contributed by atoms with Crippen molar-refractivity contribution in [2.24, 2.45) is 5.92 Å². The number of carboxylic acid groups (broad SMARTS) is 1. The Bertz CT molecular complexity index is 259. The van der Waals surface area contributed by atoms with Crippen LogP contribution in [0.1, 0.15) is 27.2 Å². The van der Waals surface area contributed by atoms with Crippen molar-refractivity contribution in [1.29, 1.82) is 0 Å². The van der Waals surface area contributed by atoms with Crippen molar-refractivity contribution >= 4 is 12.1 Å². The Morgan fingerprint density at radius 3 is 2.35 bits per heavy atom. The quantitative estimate of drug-likeness (QED) is 0.737. The minimum Gasteiger partial charge on any atom is -0.481 e. The Morgan fingerprint density at radius 2 is 1.94 bits per heavy atom. The Balaban J connectivity index is 4.04. The van der Waals surface area contributed by atoms with Crippen molar-refractivity contribution in [3.63, 3.8) is 0 Å². The number of aliphatic carboxylic acids is 1. The van der Waals surface area contributed by atoms with Gasteiger partial charge in [0.1, 0.15) is 5.60 Å². The minimum absolute atomic E-state index is 0.0353. The van der Waals surface area contributed by atoms with E-state index in [4.69, 9.17) is 14.6 Å². The van der Waals surface area contributed by atoms with E-state index in [1.165, 1.54) is 7.11 Å². The van der Waals surface area contributed by atoms with Crippen LogP contribution in [-0.4, -0.2) is 43.0 Å². The maximum atomic E-state index is 11.3. The first-order valence-corrected chi connectivity index (χ1v) is 5.45. The zero-order valence-corrected chi connectivity index (χ0v) is 10.8. The summed E-state index contributed by atoms with van der Waals surface area (Å²) in [6.45, 7) is 5.60. The lowest BCUT2D eigenvalue weighted by molar-refractivity contribution is -0.142. The van der Waals surface area contributed by atoms with Gasteiger partial charge in [0.15, 0.2) is 0 Å². The van der Waals surface area contributed by atoms with Gasteiger partial charge in [-0.2, -0.15) is 0 Å². The van der Waals surface area contributed by atoms with Gasteiger partial charge in [-0.1, -0.05) is 0 Å². The fraction of sp³-hybridized carbons (Fsp3) is 0.818. The largest absolute Gasteiger partial charge is 0.481 e. The number of carbonyl (C=O) groups excluding carboxylic acids is 1. The molecule has 1 amide bonds. The van der Waals surface area contributed by atoms with Gasteiger partial charge in [0.05, 0.1) is 5.92 Å². The Hall–Kier alpha value is -1.30. The Labute approximate surface area is 101 Å². The number of nitrogens with one attached hydrogen (secondary N) is 1. The first-order chi connectivity index (χ1) is 7.76. The first kappa shape index (κ1) is 15.7. The molecule has 0 heterocycles. The summed E-state index contributed by atoms with van der Waals surface area (Å²) in [5, 5.41) is 11.3. The van der Waals surface area contributed by atoms with Gasteiger partial charge in [0, 0.05) is 20.3 Å². The van der Waals surface area contributed by atoms with Gasteiger partial charge in [0.2, 0.25) is 0 Å². The second kappa shape index (κ2) is 7.11. The van der Waals surface area contributed by atoms with E-state index in [2.05, 4.69) is 5.32 Å². The highest BCUT2D eigenvalue weighted by molar-refractivity contribution is 5.72. The fourth-order valence-electron chi connectivity index (χ4n) is 1.09. The second-order valence-corrected chi connectivity index (χ2v) is 4.70. The van der Waals surface area contributed by atoms with Crippen LogP contribution in [0.25, 0.3) is 0 Å². The zero-order valence-electron chi connectivity index (χ0n) is 10.8. The molecule has 0 aliphatic carbocycles. The van der Waals surface area contributed by atoms with Crippen molar-refractivity contribution < 1.29 is 24.2 Å². The van der Waals surface area contributed by atoms with E-state index < -0.39 is 23.6 Å². The zero-order chi connectivity index (χ0) is 13.5. The van der Waals surface area contributed by atoms with Crippen LogP contribution in [0.2, 0.25) is 0 Å². The number of hydrogen-bond donors (Lipinski definition) is 2. The van der Waals surface area contributed by atoms with Crippen molar-refractivity contribution in [3.8, 4) is 0 Å². The van der Waals surface area contributed by atoms with Gasteiger partial charge >= 0.3 is 12.1 Å². The molecule has 100 valence electrons. The molecule has 0 saturated heterocycles. The number of carbonyl (C=O) groups is 2. The molecule has 0 radical (unpaired) electrons. The highest BCUT2D eigenvalue weighted by atomic mass is 16.6. The number of rotatable bonds is 6. The predicted molar refractivity (Wildman–Crippen MR) is 61.9 cm³/mol. The van der Waals surface area contributed by atoms with Gasteiger partial charge in [-0.25, -0.2) is 4.79 Å². The molecule has 0 aromatic rings. The third-order valence-electron chi connectivity index (χ3n) is 1.91. The lowest BCUT2D eigenvalue weighted by Gasteiger charge is -2.20. The highest BCUT2D eigenvalue weighted by Crippen LogP contribution is 2.07. The van der Waals surface area contributed by atoms with Crippen LogP contribution < -0.4 is 5.32 Å². The van der Waals surface area contributed by atoms with Crippen molar-refractivity contribution in [1.82, 2.24) is 5.32 Å². The number of ether oxygens (including phenoxy) is 2. The SMILES string of the molecule is COCC[C@H](CNC(=O)OC(C)(C)C)C(=O)O. The lowest BCUT2D eigenvalue weighted by atomic mass is 10.1. The van der Waals surface area contributed by atoms with E-state index in [9.17, 15) is 9.59 Å². The van der Waals surface area contributed by atoms with Crippen LogP contribution in [0.15, 0.2) is 0 Å². The van der Waals surface area contributed by atoms with Crippen molar-refractivity contribution in [2.75, 3.05) is 20.3 Å². The molecule has 0 aromatic heterocycles. The molecule has 0 bridgehead atoms. The van der Waals surface area contributed by atoms with Crippen LogP contribution in [0.4, 0.5) is 4.79 Å². The van der Waals surface area contributed by atoms with E-state index in [1.807, 2.05) is 0 Å². The number of methoxy groups -OCH3 is 1. The van der Waals surface area contributed by atoms with Gasteiger partial charge in [-0.3, -0.25) is 4.79 Å². The molecular weight excluding hydrogens is 226 g/mol. The van der Waals surface area contributed by atoms with Crippen molar-refractivity contribution in [3.05, 3.63) is 0 Å². The summed E-state index contributed by atoms with van der Waals surface area (Å²) >= 11 is 0. The Morgan fingerprint density at radius 1 is 1.35 bits per heavy atom. The van der Waals surface area contributed by atoms with Crippen LogP contribution in [-0.2, 0) is 14.3 Å². The molecule has 1 atom stereocenters. The molecule has 0 rings (SSSR count). The lowest BCUT2D eigenvalue weighted by Crippen LogP contribution is -2.37. The molecule has 0 fully saturated rings. The summed E-state index contributed by atoms with van der Waals surface area (Å²) in [4.78, 5) is 22.2. The minimum atomic E-state index is -0.960. The smallest absolute Gasteiger partial charge is 0.407 e. The summed E-state index contributed by atoms with van der Waals surface area (Å²) in [5.74, 6) is -1.62. The van der Waals surface area contributed by atoms with E-state index in [-0.39, 0.29) is 6.54 Å². The standard InChI is InChI=1S/C11H21NO5/c1-11(2,3)17-10(15)12-7-8(9(13)14)5-6-16-4/h8H,5-7H2,1-4H3,(H,12,15)(H,13,14)/t8-/m1/s1. The molecular formula is C11H21NO5. The number of amides is 1. The predicted octanol–water partition coefficient (Wildman–Crippen LogP) is 1.25. The van der Waals surface area contributed by atoms with Gasteiger partial charge in [-0.15, -0.1) is 0 Å². The van der Waals surface area contributed by atoms with Gasteiger partial charge in [-0.05, 0) is 27.2 Å². The number of alkyl carbamates (subject to hydrolysis) is 1. The van der Waals surface area contributed by atoms with E-state index in [0.717, 1.165) is 0 Å². The van der Waals surface area contributed by atoms with E-state index in [1.54, 1.807) is 20.8 Å². The average molecular weight is 247 g/mol.